The number of aliphatic hydroxyl groups is 4. The molecule has 0 bridgehead atoms. The molecule has 1 aliphatic carbocycles. The smallest absolute Gasteiger partial charge is 0.187 e. The number of hydrogen-bond acceptors (Lipinski definition) is 7. The summed E-state index contributed by atoms with van der Waals surface area (Å²) in [4.78, 5) is 12.1. The molecule has 0 amide bonds. The van der Waals surface area contributed by atoms with Crippen LogP contribution in [-0.2, 0) is 14.3 Å². The van der Waals surface area contributed by atoms with Crippen molar-refractivity contribution in [3.8, 4) is 0 Å². The van der Waals surface area contributed by atoms with Crippen molar-refractivity contribution in [1.29, 1.82) is 0 Å². The van der Waals surface area contributed by atoms with Crippen LogP contribution in [0.5, 0.6) is 0 Å². The summed E-state index contributed by atoms with van der Waals surface area (Å²) < 4.78 is 10.7. The summed E-state index contributed by atoms with van der Waals surface area (Å²) in [5.74, 6) is 0.278. The van der Waals surface area contributed by atoms with Crippen molar-refractivity contribution in [1.82, 2.24) is 0 Å². The fraction of sp³-hybridized carbons (Fsp3) is 0.812. The van der Waals surface area contributed by atoms with Gasteiger partial charge in [0.15, 0.2) is 6.29 Å². The largest absolute Gasteiger partial charge is 0.394 e. The van der Waals surface area contributed by atoms with Crippen LogP contribution in [0.2, 0.25) is 0 Å². The Hall–Kier alpha value is -0.830. The average molecular weight is 330 g/mol. The van der Waals surface area contributed by atoms with Crippen molar-refractivity contribution in [2.24, 2.45) is 11.8 Å². The highest BCUT2D eigenvalue weighted by atomic mass is 16.7. The van der Waals surface area contributed by atoms with E-state index in [1.54, 1.807) is 0 Å². The lowest BCUT2D eigenvalue weighted by atomic mass is 9.79. The van der Waals surface area contributed by atoms with Gasteiger partial charge in [-0.1, -0.05) is 13.5 Å². The summed E-state index contributed by atoms with van der Waals surface area (Å²) in [6.45, 7) is 5.43. The van der Waals surface area contributed by atoms with E-state index >= 15 is 0 Å². The van der Waals surface area contributed by atoms with E-state index in [-0.39, 0.29) is 18.3 Å². The molecule has 7 atom stereocenters. The van der Waals surface area contributed by atoms with Gasteiger partial charge in [-0.2, -0.15) is 0 Å². The van der Waals surface area contributed by atoms with Crippen LogP contribution in [0.4, 0.5) is 0 Å². The maximum atomic E-state index is 12.1. The van der Waals surface area contributed by atoms with Crippen LogP contribution >= 0.6 is 0 Å². The SMILES string of the molecule is C=C(CO[C@@H]1O[C@H](CO)[C@@H](O)[C@H](O)[C@H]1O)[C@H]1CC[C@H](C)CC1=O. The number of rotatable bonds is 5. The van der Waals surface area contributed by atoms with Gasteiger partial charge in [-0.05, 0) is 24.3 Å². The Kier molecular flexibility index (Phi) is 6.30. The molecule has 4 N–H and O–H groups in total. The van der Waals surface area contributed by atoms with Crippen LogP contribution in [-0.4, -0.2) is 70.1 Å². The number of Topliss-reactive ketones (excluding diaryl/α,β-unsaturated/α-hetero) is 1. The van der Waals surface area contributed by atoms with Crippen LogP contribution < -0.4 is 0 Å². The average Bonchev–Trinajstić information content (AvgIpc) is 2.51. The van der Waals surface area contributed by atoms with Crippen molar-refractivity contribution in [2.45, 2.75) is 56.9 Å². The minimum atomic E-state index is -1.48. The topological polar surface area (TPSA) is 116 Å². The molecule has 0 aromatic heterocycles. The zero-order valence-electron chi connectivity index (χ0n) is 13.3. The van der Waals surface area contributed by atoms with E-state index in [1.807, 2.05) is 6.92 Å². The molecule has 1 heterocycles. The number of ketones is 1. The van der Waals surface area contributed by atoms with Gasteiger partial charge >= 0.3 is 0 Å². The molecular weight excluding hydrogens is 304 g/mol. The van der Waals surface area contributed by atoms with E-state index in [9.17, 15) is 20.1 Å². The number of aliphatic hydroxyl groups excluding tert-OH is 4. The van der Waals surface area contributed by atoms with E-state index in [0.29, 0.717) is 17.9 Å². The number of hydrogen-bond donors (Lipinski definition) is 4. The van der Waals surface area contributed by atoms with E-state index in [4.69, 9.17) is 14.6 Å². The van der Waals surface area contributed by atoms with Crippen LogP contribution in [0.1, 0.15) is 26.2 Å². The Morgan fingerprint density at radius 1 is 1.26 bits per heavy atom. The molecule has 0 unspecified atom stereocenters. The van der Waals surface area contributed by atoms with Crippen molar-refractivity contribution in [3.05, 3.63) is 12.2 Å². The Balaban J connectivity index is 1.89. The van der Waals surface area contributed by atoms with Gasteiger partial charge in [0.2, 0.25) is 0 Å². The minimum absolute atomic E-state index is 0.00742. The number of carbonyl (C=O) groups is 1. The van der Waals surface area contributed by atoms with Gasteiger partial charge < -0.3 is 29.9 Å². The fourth-order valence-corrected chi connectivity index (χ4v) is 3.13. The maximum absolute atomic E-state index is 12.1. The molecule has 7 nitrogen and oxygen atoms in total. The molecule has 0 aromatic rings. The van der Waals surface area contributed by atoms with E-state index in [2.05, 4.69) is 6.58 Å². The summed E-state index contributed by atoms with van der Waals surface area (Å²) in [5.41, 5.74) is 0.610. The monoisotopic (exact) mass is 330 g/mol. The summed E-state index contributed by atoms with van der Waals surface area (Å²) in [6.07, 6.45) is -4.32. The Morgan fingerprint density at radius 3 is 2.57 bits per heavy atom. The standard InChI is InChI=1S/C16H26O7/c1-8-3-4-10(11(18)5-8)9(2)7-22-16-15(21)14(20)13(19)12(6-17)23-16/h8,10,12-17,19-21H,2-7H2,1H3/t8-,10+,12+,13+,14-,15+,16+/m0/s1. The number of carbonyl (C=O) groups excluding carboxylic acids is 1. The first-order chi connectivity index (χ1) is 10.8. The first-order valence-electron chi connectivity index (χ1n) is 7.97. The van der Waals surface area contributed by atoms with Gasteiger partial charge in [0.25, 0.3) is 0 Å². The second kappa shape index (κ2) is 7.83. The van der Waals surface area contributed by atoms with E-state index in [1.165, 1.54) is 0 Å². The molecule has 0 spiro atoms. The lowest BCUT2D eigenvalue weighted by Gasteiger charge is -2.39. The predicted molar refractivity (Wildman–Crippen MR) is 80.4 cm³/mol. The van der Waals surface area contributed by atoms with Gasteiger partial charge in [0.1, 0.15) is 30.2 Å². The second-order valence-corrected chi connectivity index (χ2v) is 6.57. The van der Waals surface area contributed by atoms with E-state index < -0.39 is 37.3 Å². The lowest BCUT2D eigenvalue weighted by molar-refractivity contribution is -0.299. The predicted octanol–water partition coefficient (Wildman–Crippen LogP) is -0.636. The first-order valence-corrected chi connectivity index (χ1v) is 7.97. The van der Waals surface area contributed by atoms with Gasteiger partial charge in [-0.3, -0.25) is 4.79 Å². The first kappa shape index (κ1) is 18.5. The fourth-order valence-electron chi connectivity index (χ4n) is 3.13. The van der Waals surface area contributed by atoms with Gasteiger partial charge in [-0.25, -0.2) is 0 Å². The molecule has 1 saturated heterocycles. The molecule has 7 heteroatoms. The van der Waals surface area contributed by atoms with Crippen molar-refractivity contribution in [3.63, 3.8) is 0 Å². The lowest BCUT2D eigenvalue weighted by Crippen LogP contribution is -2.59. The van der Waals surface area contributed by atoms with Crippen molar-refractivity contribution < 1.29 is 34.7 Å². The Labute approximate surface area is 135 Å². The van der Waals surface area contributed by atoms with Crippen LogP contribution in [0.25, 0.3) is 0 Å². The molecule has 2 fully saturated rings. The summed E-state index contributed by atoms with van der Waals surface area (Å²) in [7, 11) is 0. The summed E-state index contributed by atoms with van der Waals surface area (Å²) in [6, 6.07) is 0. The van der Waals surface area contributed by atoms with Crippen LogP contribution in [0.3, 0.4) is 0 Å². The quantitative estimate of drug-likeness (QED) is 0.496. The third kappa shape index (κ3) is 4.17. The molecule has 1 aliphatic heterocycles. The molecule has 2 aliphatic rings. The Morgan fingerprint density at radius 2 is 1.96 bits per heavy atom. The normalized spacial score (nSPS) is 41.8. The third-order valence-electron chi connectivity index (χ3n) is 4.66. The van der Waals surface area contributed by atoms with E-state index in [0.717, 1.165) is 12.8 Å². The highest BCUT2D eigenvalue weighted by Gasteiger charge is 2.44. The molecule has 132 valence electrons. The zero-order chi connectivity index (χ0) is 17.1. The molecular formula is C16H26O7. The molecule has 23 heavy (non-hydrogen) atoms. The van der Waals surface area contributed by atoms with Crippen molar-refractivity contribution >= 4 is 5.78 Å². The van der Waals surface area contributed by atoms with Gasteiger partial charge in [0, 0.05) is 12.3 Å². The highest BCUT2D eigenvalue weighted by Crippen LogP contribution is 2.30. The second-order valence-electron chi connectivity index (χ2n) is 6.57. The molecule has 2 rings (SSSR count). The highest BCUT2D eigenvalue weighted by molar-refractivity contribution is 5.84. The van der Waals surface area contributed by atoms with Crippen molar-refractivity contribution in [2.75, 3.05) is 13.2 Å². The molecule has 0 radical (unpaired) electrons. The Bertz CT molecular complexity index is 436. The number of ether oxygens (including phenoxy) is 2. The summed E-state index contributed by atoms with van der Waals surface area (Å²) >= 11 is 0. The zero-order valence-corrected chi connectivity index (χ0v) is 13.3. The molecule has 1 saturated carbocycles. The third-order valence-corrected chi connectivity index (χ3v) is 4.66. The van der Waals surface area contributed by atoms with Gasteiger partial charge in [0.05, 0.1) is 13.2 Å². The minimum Gasteiger partial charge on any atom is -0.394 e. The maximum Gasteiger partial charge on any atom is 0.187 e. The van der Waals surface area contributed by atoms with Crippen LogP contribution in [0, 0.1) is 11.8 Å². The van der Waals surface area contributed by atoms with Crippen LogP contribution in [0.15, 0.2) is 12.2 Å². The molecule has 0 aromatic carbocycles. The van der Waals surface area contributed by atoms with Gasteiger partial charge in [-0.15, -0.1) is 0 Å². The summed E-state index contributed by atoms with van der Waals surface area (Å²) in [5, 5.41) is 38.4.